The zero-order valence-corrected chi connectivity index (χ0v) is 14.8. The molecule has 2 heterocycles. The normalized spacial score (nSPS) is 15.5. The molecule has 0 saturated heterocycles. The minimum Gasteiger partial charge on any atom is -0.490 e. The fourth-order valence-electron chi connectivity index (χ4n) is 2.61. The van der Waals surface area contributed by atoms with Gasteiger partial charge in [-0.15, -0.1) is 0 Å². The third kappa shape index (κ3) is 4.17. The molecular formula is C19H22N2O5. The lowest BCUT2D eigenvalue weighted by Crippen LogP contribution is -2.45. The molecule has 1 aliphatic heterocycles. The van der Waals surface area contributed by atoms with Gasteiger partial charge in [0.2, 0.25) is 5.91 Å². The smallest absolute Gasteiger partial charge is 0.255 e. The Kier molecular flexibility index (Phi) is 5.46. The Morgan fingerprint density at radius 3 is 2.54 bits per heavy atom. The largest absolute Gasteiger partial charge is 0.490 e. The average Bonchev–Trinajstić information content (AvgIpc) is 3.07. The van der Waals surface area contributed by atoms with Crippen molar-refractivity contribution in [3.8, 4) is 11.5 Å². The summed E-state index contributed by atoms with van der Waals surface area (Å²) in [4.78, 5) is 24.4. The van der Waals surface area contributed by atoms with Crippen molar-refractivity contribution in [2.75, 3.05) is 13.2 Å². The van der Waals surface area contributed by atoms with Crippen LogP contribution in [0.15, 0.2) is 41.2 Å². The Bertz CT molecular complexity index is 772. The number of furan rings is 1. The first-order valence-electron chi connectivity index (χ1n) is 8.57. The molecule has 2 aromatic rings. The molecule has 0 aliphatic carbocycles. The van der Waals surface area contributed by atoms with Crippen LogP contribution in [0.25, 0.3) is 0 Å². The van der Waals surface area contributed by atoms with Gasteiger partial charge in [-0.1, -0.05) is 6.07 Å². The maximum atomic E-state index is 12.4. The molecule has 0 spiro atoms. The van der Waals surface area contributed by atoms with Gasteiger partial charge in [-0.3, -0.25) is 9.59 Å². The van der Waals surface area contributed by atoms with Crippen LogP contribution in [0, 0.1) is 0 Å². The second-order valence-electron chi connectivity index (χ2n) is 6.19. The van der Waals surface area contributed by atoms with Crippen molar-refractivity contribution in [2.45, 2.75) is 32.4 Å². The number of benzene rings is 1. The van der Waals surface area contributed by atoms with E-state index in [0.717, 1.165) is 12.0 Å². The van der Waals surface area contributed by atoms with Gasteiger partial charge in [-0.2, -0.15) is 0 Å². The van der Waals surface area contributed by atoms with Crippen molar-refractivity contribution < 1.29 is 23.5 Å². The van der Waals surface area contributed by atoms with Crippen molar-refractivity contribution >= 4 is 11.8 Å². The van der Waals surface area contributed by atoms with E-state index in [4.69, 9.17) is 13.9 Å². The second-order valence-corrected chi connectivity index (χ2v) is 6.19. The topological polar surface area (TPSA) is 89.8 Å². The number of hydrogen-bond acceptors (Lipinski definition) is 5. The van der Waals surface area contributed by atoms with Gasteiger partial charge in [0.25, 0.3) is 5.91 Å². The van der Waals surface area contributed by atoms with E-state index in [1.807, 2.05) is 25.1 Å². The number of rotatable bonds is 5. The average molecular weight is 358 g/mol. The van der Waals surface area contributed by atoms with Crippen molar-refractivity contribution in [3.05, 3.63) is 47.9 Å². The molecule has 0 bridgehead atoms. The summed E-state index contributed by atoms with van der Waals surface area (Å²) >= 11 is 0. The van der Waals surface area contributed by atoms with Gasteiger partial charge in [0, 0.05) is 6.42 Å². The number of carbonyl (C=O) groups is 2. The molecule has 2 amide bonds. The first kappa shape index (κ1) is 17.8. The van der Waals surface area contributed by atoms with Crippen LogP contribution in [0.2, 0.25) is 0 Å². The van der Waals surface area contributed by atoms with E-state index in [-0.39, 0.29) is 17.9 Å². The fraction of sp³-hybridized carbons (Fsp3) is 0.368. The van der Waals surface area contributed by atoms with E-state index in [9.17, 15) is 9.59 Å². The standard InChI is InChI=1S/C19H22N2O5/c1-12(14-4-5-16-17(10-14)26-8-3-7-25-16)20-18(22)13(2)21-19(23)15-6-9-24-11-15/h4-6,9-13H,3,7-8H2,1-2H3,(H,20,22)(H,21,23)/t12-,13-/m0/s1. The van der Waals surface area contributed by atoms with Gasteiger partial charge < -0.3 is 24.5 Å². The third-order valence-corrected chi connectivity index (χ3v) is 4.15. The molecule has 1 aromatic carbocycles. The van der Waals surface area contributed by atoms with Crippen molar-refractivity contribution in [3.63, 3.8) is 0 Å². The van der Waals surface area contributed by atoms with Crippen molar-refractivity contribution in [1.82, 2.24) is 10.6 Å². The van der Waals surface area contributed by atoms with E-state index >= 15 is 0 Å². The van der Waals surface area contributed by atoms with E-state index in [2.05, 4.69) is 10.6 Å². The van der Waals surface area contributed by atoms with E-state index in [1.165, 1.54) is 12.5 Å². The van der Waals surface area contributed by atoms with Gasteiger partial charge in [-0.05, 0) is 37.6 Å². The highest BCUT2D eigenvalue weighted by Gasteiger charge is 2.20. The fourth-order valence-corrected chi connectivity index (χ4v) is 2.61. The first-order chi connectivity index (χ1) is 12.5. The zero-order valence-electron chi connectivity index (χ0n) is 14.8. The molecule has 7 nitrogen and oxygen atoms in total. The lowest BCUT2D eigenvalue weighted by molar-refractivity contribution is -0.123. The van der Waals surface area contributed by atoms with Crippen LogP contribution in [-0.2, 0) is 4.79 Å². The minimum atomic E-state index is -0.680. The van der Waals surface area contributed by atoms with Gasteiger partial charge in [0.05, 0.1) is 31.1 Å². The van der Waals surface area contributed by atoms with Crippen LogP contribution < -0.4 is 20.1 Å². The number of ether oxygens (including phenoxy) is 2. The summed E-state index contributed by atoms with van der Waals surface area (Å²) in [6.45, 7) is 4.75. The number of carbonyl (C=O) groups excluding carboxylic acids is 2. The monoisotopic (exact) mass is 358 g/mol. The molecule has 26 heavy (non-hydrogen) atoms. The third-order valence-electron chi connectivity index (χ3n) is 4.15. The molecule has 2 N–H and O–H groups in total. The summed E-state index contributed by atoms with van der Waals surface area (Å²) in [6.07, 6.45) is 3.58. The highest BCUT2D eigenvalue weighted by molar-refractivity contribution is 5.97. The zero-order chi connectivity index (χ0) is 18.5. The predicted molar refractivity (Wildman–Crippen MR) is 94.2 cm³/mol. The molecular weight excluding hydrogens is 336 g/mol. The van der Waals surface area contributed by atoms with Crippen molar-refractivity contribution in [1.29, 1.82) is 0 Å². The summed E-state index contributed by atoms with van der Waals surface area (Å²) in [5.41, 5.74) is 1.27. The molecule has 3 rings (SSSR count). The van der Waals surface area contributed by atoms with Crippen LogP contribution in [-0.4, -0.2) is 31.1 Å². The molecule has 1 aliphatic rings. The number of hydrogen-bond donors (Lipinski definition) is 2. The molecule has 0 unspecified atom stereocenters. The first-order valence-corrected chi connectivity index (χ1v) is 8.57. The van der Waals surface area contributed by atoms with Crippen LogP contribution in [0.4, 0.5) is 0 Å². The summed E-state index contributed by atoms with van der Waals surface area (Å²) in [6, 6.07) is 6.24. The Labute approximate surface area is 151 Å². The van der Waals surface area contributed by atoms with Gasteiger partial charge in [0.15, 0.2) is 11.5 Å². The van der Waals surface area contributed by atoms with Crippen LogP contribution >= 0.6 is 0 Å². The van der Waals surface area contributed by atoms with E-state index < -0.39 is 6.04 Å². The minimum absolute atomic E-state index is 0.243. The second kappa shape index (κ2) is 7.95. The van der Waals surface area contributed by atoms with E-state index in [1.54, 1.807) is 13.0 Å². The van der Waals surface area contributed by atoms with Crippen LogP contribution in [0.1, 0.15) is 42.2 Å². The molecule has 7 heteroatoms. The number of fused-ring (bicyclic) bond motifs is 1. The highest BCUT2D eigenvalue weighted by atomic mass is 16.5. The van der Waals surface area contributed by atoms with Gasteiger partial charge in [-0.25, -0.2) is 0 Å². The Hall–Kier alpha value is -2.96. The highest BCUT2D eigenvalue weighted by Crippen LogP contribution is 2.32. The van der Waals surface area contributed by atoms with Crippen LogP contribution in [0.3, 0.4) is 0 Å². The molecule has 0 fully saturated rings. The Morgan fingerprint density at radius 2 is 1.81 bits per heavy atom. The van der Waals surface area contributed by atoms with Gasteiger partial charge in [0.1, 0.15) is 12.3 Å². The van der Waals surface area contributed by atoms with E-state index in [0.29, 0.717) is 30.3 Å². The summed E-state index contributed by atoms with van der Waals surface area (Å²) in [5.74, 6) is 0.763. The molecule has 0 saturated carbocycles. The lowest BCUT2D eigenvalue weighted by atomic mass is 10.1. The quantitative estimate of drug-likeness (QED) is 0.857. The summed E-state index contributed by atoms with van der Waals surface area (Å²) in [7, 11) is 0. The maximum Gasteiger partial charge on any atom is 0.255 e. The maximum absolute atomic E-state index is 12.4. The number of nitrogens with one attached hydrogen (secondary N) is 2. The summed E-state index contributed by atoms with van der Waals surface area (Å²) in [5, 5.41) is 5.54. The molecule has 0 radical (unpaired) electrons. The molecule has 2 atom stereocenters. The van der Waals surface area contributed by atoms with Crippen molar-refractivity contribution in [2.24, 2.45) is 0 Å². The Balaban J connectivity index is 1.60. The van der Waals surface area contributed by atoms with Crippen LogP contribution in [0.5, 0.6) is 11.5 Å². The predicted octanol–water partition coefficient (Wildman–Crippen LogP) is 2.44. The summed E-state index contributed by atoms with van der Waals surface area (Å²) < 4.78 is 16.2. The molecule has 138 valence electrons. The lowest BCUT2D eigenvalue weighted by Gasteiger charge is -2.19. The Morgan fingerprint density at radius 1 is 1.04 bits per heavy atom. The molecule has 1 aromatic heterocycles. The number of amides is 2. The SMILES string of the molecule is C[C@H](NC(=O)c1ccoc1)C(=O)N[C@@H](C)c1ccc2c(c1)OCCCO2. The van der Waals surface area contributed by atoms with Gasteiger partial charge >= 0.3 is 0 Å².